The van der Waals surface area contributed by atoms with Crippen LogP contribution in [0.2, 0.25) is 0 Å². The molecule has 1 fully saturated rings. The van der Waals surface area contributed by atoms with Crippen LogP contribution in [0.15, 0.2) is 0 Å². The van der Waals surface area contributed by atoms with Crippen molar-refractivity contribution in [3.8, 4) is 0 Å². The van der Waals surface area contributed by atoms with E-state index >= 15 is 0 Å². The molecule has 0 aromatic heterocycles. The lowest BCUT2D eigenvalue weighted by molar-refractivity contribution is -0.136. The summed E-state index contributed by atoms with van der Waals surface area (Å²) in [6.07, 6.45) is 3.06. The highest BCUT2D eigenvalue weighted by atomic mass is 32.2. The van der Waals surface area contributed by atoms with Gasteiger partial charge in [0.05, 0.1) is 6.26 Å². The second-order valence-electron chi connectivity index (χ2n) is 5.37. The highest BCUT2D eigenvalue weighted by Gasteiger charge is 2.26. The quantitative estimate of drug-likeness (QED) is 0.700. The Morgan fingerprint density at radius 3 is 2.74 bits per heavy atom. The molecule has 1 rings (SSSR count). The van der Waals surface area contributed by atoms with Crippen LogP contribution < -0.4 is 10.0 Å². The fraction of sp³-hybridized carbons (Fsp3) is 0.917. The summed E-state index contributed by atoms with van der Waals surface area (Å²) in [6, 6.07) is 0. The lowest BCUT2D eigenvalue weighted by atomic mass is 9.97. The molecule has 2 unspecified atom stereocenters. The maximum absolute atomic E-state index is 12.2. The number of carbonyl (C=O) groups is 1. The van der Waals surface area contributed by atoms with Gasteiger partial charge in [-0.3, -0.25) is 4.79 Å². The number of hydrogen-bond donors (Lipinski definition) is 2. The van der Waals surface area contributed by atoms with Gasteiger partial charge in [-0.25, -0.2) is 13.1 Å². The summed E-state index contributed by atoms with van der Waals surface area (Å²) in [5, 5.41) is 3.00. The molecular weight excluding hydrogens is 266 g/mol. The molecule has 1 heterocycles. The number of amides is 1. The molecule has 0 aliphatic carbocycles. The van der Waals surface area contributed by atoms with E-state index < -0.39 is 10.0 Å². The normalized spacial score (nSPS) is 22.3. The van der Waals surface area contributed by atoms with E-state index in [0.717, 1.165) is 25.6 Å². The molecule has 1 saturated heterocycles. The first kappa shape index (κ1) is 16.4. The Morgan fingerprint density at radius 2 is 2.16 bits per heavy atom. The molecule has 1 amide bonds. The summed E-state index contributed by atoms with van der Waals surface area (Å²) in [4.78, 5) is 14.0. The van der Waals surface area contributed by atoms with Crippen molar-refractivity contribution in [2.45, 2.75) is 19.8 Å². The van der Waals surface area contributed by atoms with Gasteiger partial charge >= 0.3 is 0 Å². The molecule has 0 saturated carbocycles. The SMILES string of the molecule is CNCC(C)C(=O)N1CCCC(CNS(C)(=O)=O)C1. The molecule has 1 aliphatic heterocycles. The predicted octanol–water partition coefficient (Wildman–Crippen LogP) is -0.370. The summed E-state index contributed by atoms with van der Waals surface area (Å²) in [5.41, 5.74) is 0. The van der Waals surface area contributed by atoms with Crippen molar-refractivity contribution < 1.29 is 13.2 Å². The van der Waals surface area contributed by atoms with Crippen LogP contribution in [0.25, 0.3) is 0 Å². The minimum atomic E-state index is -3.15. The Hall–Kier alpha value is -0.660. The maximum atomic E-state index is 12.2. The van der Waals surface area contributed by atoms with Crippen molar-refractivity contribution in [2.24, 2.45) is 11.8 Å². The van der Waals surface area contributed by atoms with E-state index in [-0.39, 0.29) is 17.7 Å². The Kier molecular flexibility index (Phi) is 6.22. The molecule has 7 heteroatoms. The van der Waals surface area contributed by atoms with Crippen LogP contribution in [0, 0.1) is 11.8 Å². The zero-order valence-corrected chi connectivity index (χ0v) is 12.8. The van der Waals surface area contributed by atoms with Gasteiger partial charge in [0.2, 0.25) is 15.9 Å². The van der Waals surface area contributed by atoms with Crippen molar-refractivity contribution in [3.05, 3.63) is 0 Å². The third-order valence-electron chi connectivity index (χ3n) is 3.40. The highest BCUT2D eigenvalue weighted by Crippen LogP contribution is 2.17. The number of rotatable bonds is 6. The molecule has 0 aromatic rings. The van der Waals surface area contributed by atoms with Crippen LogP contribution in [-0.2, 0) is 14.8 Å². The van der Waals surface area contributed by atoms with Crippen LogP contribution in [0.3, 0.4) is 0 Å². The summed E-state index contributed by atoms with van der Waals surface area (Å²) in [5.74, 6) is 0.333. The zero-order chi connectivity index (χ0) is 14.5. The number of hydrogen-bond acceptors (Lipinski definition) is 4. The summed E-state index contributed by atoms with van der Waals surface area (Å²) < 4.78 is 24.7. The minimum absolute atomic E-state index is 0.0355. The van der Waals surface area contributed by atoms with E-state index in [9.17, 15) is 13.2 Å². The molecule has 1 aliphatic rings. The zero-order valence-electron chi connectivity index (χ0n) is 12.0. The Labute approximate surface area is 116 Å². The van der Waals surface area contributed by atoms with Gasteiger partial charge in [-0.1, -0.05) is 6.92 Å². The lowest BCUT2D eigenvalue weighted by Gasteiger charge is -2.34. The first-order valence-corrected chi connectivity index (χ1v) is 8.60. The van der Waals surface area contributed by atoms with Crippen LogP contribution >= 0.6 is 0 Å². The second kappa shape index (κ2) is 7.21. The molecule has 6 nitrogen and oxygen atoms in total. The van der Waals surface area contributed by atoms with Crippen LogP contribution in [0.5, 0.6) is 0 Å². The van der Waals surface area contributed by atoms with Crippen molar-refractivity contribution in [1.82, 2.24) is 14.9 Å². The van der Waals surface area contributed by atoms with Gasteiger partial charge in [0, 0.05) is 32.1 Å². The first-order chi connectivity index (χ1) is 8.83. The number of likely N-dealkylation sites (tertiary alicyclic amines) is 1. The molecule has 112 valence electrons. The summed E-state index contributed by atoms with van der Waals surface area (Å²) in [7, 11) is -1.32. The minimum Gasteiger partial charge on any atom is -0.342 e. The molecule has 0 radical (unpaired) electrons. The van der Waals surface area contributed by atoms with Gasteiger partial charge in [0.25, 0.3) is 0 Å². The third-order valence-corrected chi connectivity index (χ3v) is 4.09. The molecule has 0 bridgehead atoms. The average Bonchev–Trinajstić information content (AvgIpc) is 2.35. The van der Waals surface area contributed by atoms with Gasteiger partial charge in [-0.05, 0) is 25.8 Å². The highest BCUT2D eigenvalue weighted by molar-refractivity contribution is 7.88. The average molecular weight is 291 g/mol. The fourth-order valence-electron chi connectivity index (χ4n) is 2.41. The van der Waals surface area contributed by atoms with Crippen LogP contribution in [0.4, 0.5) is 0 Å². The van der Waals surface area contributed by atoms with Gasteiger partial charge < -0.3 is 10.2 Å². The van der Waals surface area contributed by atoms with Crippen LogP contribution in [0.1, 0.15) is 19.8 Å². The fourth-order valence-corrected chi connectivity index (χ4v) is 2.94. The summed E-state index contributed by atoms with van der Waals surface area (Å²) in [6.45, 7) is 4.43. The molecule has 19 heavy (non-hydrogen) atoms. The maximum Gasteiger partial charge on any atom is 0.226 e. The number of nitrogens with zero attached hydrogens (tertiary/aromatic N) is 1. The monoisotopic (exact) mass is 291 g/mol. The van der Waals surface area contributed by atoms with Crippen molar-refractivity contribution in [3.63, 3.8) is 0 Å². The van der Waals surface area contributed by atoms with Gasteiger partial charge in [0.1, 0.15) is 0 Å². The molecule has 2 N–H and O–H groups in total. The van der Waals surface area contributed by atoms with Crippen molar-refractivity contribution in [2.75, 3.05) is 39.5 Å². The molecular formula is C12H25N3O3S. The number of piperidine rings is 1. The van der Waals surface area contributed by atoms with Crippen LogP contribution in [-0.4, -0.2) is 58.7 Å². The molecule has 0 spiro atoms. The van der Waals surface area contributed by atoms with Gasteiger partial charge in [0.15, 0.2) is 0 Å². The largest absolute Gasteiger partial charge is 0.342 e. The van der Waals surface area contributed by atoms with Gasteiger partial charge in [-0.15, -0.1) is 0 Å². The second-order valence-corrected chi connectivity index (χ2v) is 7.20. The third kappa shape index (κ3) is 5.88. The van der Waals surface area contributed by atoms with Crippen molar-refractivity contribution in [1.29, 1.82) is 0 Å². The topological polar surface area (TPSA) is 78.5 Å². The molecule has 2 atom stereocenters. The number of sulfonamides is 1. The van der Waals surface area contributed by atoms with E-state index in [4.69, 9.17) is 0 Å². The standard InChI is InChI=1S/C12H25N3O3S/c1-10(7-13-2)12(16)15-6-4-5-11(9-15)8-14-19(3,17)18/h10-11,13-14H,4-9H2,1-3H3. The number of carbonyl (C=O) groups excluding carboxylic acids is 1. The van der Waals surface area contributed by atoms with E-state index in [0.29, 0.717) is 19.6 Å². The van der Waals surface area contributed by atoms with E-state index in [1.165, 1.54) is 0 Å². The van der Waals surface area contributed by atoms with Crippen molar-refractivity contribution >= 4 is 15.9 Å². The molecule has 0 aromatic carbocycles. The lowest BCUT2D eigenvalue weighted by Crippen LogP contribution is -2.46. The Balaban J connectivity index is 2.47. The van der Waals surface area contributed by atoms with Gasteiger partial charge in [-0.2, -0.15) is 0 Å². The Morgan fingerprint density at radius 1 is 1.47 bits per heavy atom. The van der Waals surface area contributed by atoms with E-state index in [1.807, 2.05) is 18.9 Å². The first-order valence-electron chi connectivity index (χ1n) is 6.71. The number of nitrogens with one attached hydrogen (secondary N) is 2. The Bertz CT molecular complexity index is 397. The smallest absolute Gasteiger partial charge is 0.226 e. The van der Waals surface area contributed by atoms with E-state index in [2.05, 4.69) is 10.0 Å². The summed E-state index contributed by atoms with van der Waals surface area (Å²) >= 11 is 0. The van der Waals surface area contributed by atoms with E-state index in [1.54, 1.807) is 0 Å². The predicted molar refractivity (Wildman–Crippen MR) is 75.2 cm³/mol.